The summed E-state index contributed by atoms with van der Waals surface area (Å²) in [6.45, 7) is 4.25. The molecule has 1 aliphatic heterocycles. The Morgan fingerprint density at radius 2 is 2.10 bits per heavy atom. The molecule has 6 heteroatoms. The Balaban J connectivity index is 1.56. The number of aromatic nitrogens is 3. The minimum atomic E-state index is -0.276. The van der Waals surface area contributed by atoms with Crippen molar-refractivity contribution < 1.29 is 4.39 Å². The van der Waals surface area contributed by atoms with E-state index in [1.165, 1.54) is 38.1 Å². The summed E-state index contributed by atoms with van der Waals surface area (Å²) in [5.41, 5.74) is 0.671. The maximum Gasteiger partial charge on any atom is 0.169 e. The fourth-order valence-corrected chi connectivity index (χ4v) is 2.44. The van der Waals surface area contributed by atoms with Gasteiger partial charge in [0.2, 0.25) is 0 Å². The Morgan fingerprint density at radius 1 is 1.25 bits per heavy atom. The Morgan fingerprint density at radius 3 is 2.90 bits per heavy atom. The van der Waals surface area contributed by atoms with E-state index in [4.69, 9.17) is 0 Å². The maximum absolute atomic E-state index is 13.2. The third kappa shape index (κ3) is 3.14. The molecule has 0 spiro atoms. The predicted octanol–water partition coefficient (Wildman–Crippen LogP) is 1.91. The van der Waals surface area contributed by atoms with E-state index in [1.807, 2.05) is 0 Å². The highest BCUT2D eigenvalue weighted by molar-refractivity contribution is 5.36. The molecule has 0 bridgehead atoms. The third-order valence-corrected chi connectivity index (χ3v) is 3.50. The van der Waals surface area contributed by atoms with Gasteiger partial charge in [0.25, 0.3) is 0 Å². The zero-order valence-corrected chi connectivity index (χ0v) is 11.3. The summed E-state index contributed by atoms with van der Waals surface area (Å²) in [6, 6.07) is 6.30. The molecule has 20 heavy (non-hydrogen) atoms. The molecule has 1 fully saturated rings. The molecule has 0 unspecified atom stereocenters. The molecule has 1 aromatic carbocycles. The number of benzene rings is 1. The minimum absolute atomic E-state index is 0.276. The fourth-order valence-electron chi connectivity index (χ4n) is 2.44. The van der Waals surface area contributed by atoms with Gasteiger partial charge in [0.05, 0.1) is 11.9 Å². The Kier molecular flexibility index (Phi) is 3.92. The van der Waals surface area contributed by atoms with E-state index >= 15 is 0 Å². The number of rotatable bonds is 5. The monoisotopic (exact) mass is 275 g/mol. The first-order valence-corrected chi connectivity index (χ1v) is 6.96. The molecular formula is C14H18FN5. The van der Waals surface area contributed by atoms with Crippen LogP contribution < -0.4 is 5.32 Å². The lowest BCUT2D eigenvalue weighted by atomic mass is 10.3. The van der Waals surface area contributed by atoms with E-state index in [-0.39, 0.29) is 5.82 Å². The van der Waals surface area contributed by atoms with Gasteiger partial charge in [-0.15, -0.1) is 5.10 Å². The third-order valence-electron chi connectivity index (χ3n) is 3.50. The number of hydrogen-bond acceptors (Lipinski definition) is 4. The molecule has 0 saturated carbocycles. The van der Waals surface area contributed by atoms with E-state index in [0.717, 1.165) is 13.1 Å². The van der Waals surface area contributed by atoms with Crippen molar-refractivity contribution in [2.45, 2.75) is 12.8 Å². The molecule has 2 aromatic rings. The average molecular weight is 275 g/mol. The molecule has 5 nitrogen and oxygen atoms in total. The van der Waals surface area contributed by atoms with Crippen LogP contribution in [0.3, 0.4) is 0 Å². The van der Waals surface area contributed by atoms with Crippen LogP contribution in [0.15, 0.2) is 30.5 Å². The maximum atomic E-state index is 13.2. The van der Waals surface area contributed by atoms with Crippen molar-refractivity contribution in [2.75, 3.05) is 31.5 Å². The highest BCUT2D eigenvalue weighted by Crippen LogP contribution is 2.11. The first kappa shape index (κ1) is 13.1. The van der Waals surface area contributed by atoms with Crippen LogP contribution >= 0.6 is 0 Å². The van der Waals surface area contributed by atoms with Crippen molar-refractivity contribution in [1.29, 1.82) is 0 Å². The zero-order chi connectivity index (χ0) is 13.8. The summed E-state index contributed by atoms with van der Waals surface area (Å²) < 4.78 is 14.7. The van der Waals surface area contributed by atoms with Crippen LogP contribution in [0, 0.1) is 5.82 Å². The second kappa shape index (κ2) is 6.00. The topological polar surface area (TPSA) is 46.0 Å². The molecule has 0 aliphatic carbocycles. The first-order chi connectivity index (χ1) is 9.81. The Hall–Kier alpha value is -1.95. The lowest BCUT2D eigenvalue weighted by molar-refractivity contribution is 0.352. The molecule has 1 aliphatic rings. The van der Waals surface area contributed by atoms with Crippen molar-refractivity contribution in [3.63, 3.8) is 0 Å². The van der Waals surface area contributed by atoms with Crippen molar-refractivity contribution in [3.8, 4) is 5.69 Å². The van der Waals surface area contributed by atoms with E-state index in [2.05, 4.69) is 20.5 Å². The van der Waals surface area contributed by atoms with Crippen LogP contribution in [0.4, 0.5) is 10.2 Å². The molecule has 106 valence electrons. The molecule has 3 rings (SSSR count). The molecule has 0 atom stereocenters. The molecule has 0 radical (unpaired) electrons. The summed E-state index contributed by atoms with van der Waals surface area (Å²) in [6.07, 6.45) is 4.38. The van der Waals surface area contributed by atoms with Crippen molar-refractivity contribution in [1.82, 2.24) is 19.9 Å². The summed E-state index contributed by atoms with van der Waals surface area (Å²) in [5, 5.41) is 11.3. The quantitative estimate of drug-likeness (QED) is 0.905. The summed E-state index contributed by atoms with van der Waals surface area (Å²) >= 11 is 0. The van der Waals surface area contributed by atoms with E-state index in [0.29, 0.717) is 11.5 Å². The number of likely N-dealkylation sites (tertiary alicyclic amines) is 1. The SMILES string of the molecule is Fc1cccc(-n2cc(NCCN3CCCC3)nn2)c1. The number of nitrogens with one attached hydrogen (secondary N) is 1. The first-order valence-electron chi connectivity index (χ1n) is 6.96. The smallest absolute Gasteiger partial charge is 0.169 e. The highest BCUT2D eigenvalue weighted by atomic mass is 19.1. The molecule has 1 saturated heterocycles. The van der Waals surface area contributed by atoms with Gasteiger partial charge < -0.3 is 10.2 Å². The highest BCUT2D eigenvalue weighted by Gasteiger charge is 2.10. The lowest BCUT2D eigenvalue weighted by Crippen LogP contribution is -2.26. The fraction of sp³-hybridized carbons (Fsp3) is 0.429. The largest absolute Gasteiger partial charge is 0.366 e. The molecule has 2 heterocycles. The normalized spacial score (nSPS) is 15.7. The van der Waals surface area contributed by atoms with Gasteiger partial charge >= 0.3 is 0 Å². The number of halogens is 1. The number of hydrogen-bond donors (Lipinski definition) is 1. The average Bonchev–Trinajstić information content (AvgIpc) is 3.10. The van der Waals surface area contributed by atoms with E-state index in [9.17, 15) is 4.39 Å². The van der Waals surface area contributed by atoms with Crippen LogP contribution in [0.2, 0.25) is 0 Å². The lowest BCUT2D eigenvalue weighted by Gasteiger charge is -2.13. The van der Waals surface area contributed by atoms with E-state index in [1.54, 1.807) is 23.0 Å². The van der Waals surface area contributed by atoms with Gasteiger partial charge in [-0.25, -0.2) is 9.07 Å². The van der Waals surface area contributed by atoms with Crippen molar-refractivity contribution >= 4 is 5.82 Å². The summed E-state index contributed by atoms with van der Waals surface area (Å²) in [7, 11) is 0. The Labute approximate surface area is 117 Å². The molecular weight excluding hydrogens is 257 g/mol. The van der Waals surface area contributed by atoms with Crippen LogP contribution in [-0.4, -0.2) is 46.1 Å². The van der Waals surface area contributed by atoms with Gasteiger partial charge in [-0.2, -0.15) is 0 Å². The number of anilines is 1. The van der Waals surface area contributed by atoms with Crippen LogP contribution in [-0.2, 0) is 0 Å². The molecule has 1 N–H and O–H groups in total. The molecule has 1 aromatic heterocycles. The van der Waals surface area contributed by atoms with Crippen LogP contribution in [0.1, 0.15) is 12.8 Å². The predicted molar refractivity (Wildman–Crippen MR) is 75.5 cm³/mol. The van der Waals surface area contributed by atoms with Crippen molar-refractivity contribution in [3.05, 3.63) is 36.3 Å². The van der Waals surface area contributed by atoms with E-state index < -0.39 is 0 Å². The van der Waals surface area contributed by atoms with Crippen LogP contribution in [0.25, 0.3) is 5.69 Å². The molecule has 0 amide bonds. The van der Waals surface area contributed by atoms with Gasteiger partial charge in [-0.05, 0) is 44.1 Å². The second-order valence-corrected chi connectivity index (χ2v) is 5.00. The summed E-state index contributed by atoms with van der Waals surface area (Å²) in [5.74, 6) is 0.440. The number of nitrogens with zero attached hydrogens (tertiary/aromatic N) is 4. The Bertz CT molecular complexity index is 562. The van der Waals surface area contributed by atoms with Gasteiger partial charge in [0.1, 0.15) is 5.82 Å². The van der Waals surface area contributed by atoms with Crippen molar-refractivity contribution in [2.24, 2.45) is 0 Å². The second-order valence-electron chi connectivity index (χ2n) is 5.00. The van der Waals surface area contributed by atoms with Crippen LogP contribution in [0.5, 0.6) is 0 Å². The standard InChI is InChI=1S/C14H18FN5/c15-12-4-3-5-13(10-12)20-11-14(17-18-20)16-6-9-19-7-1-2-8-19/h3-5,10-11,16H,1-2,6-9H2. The zero-order valence-electron chi connectivity index (χ0n) is 11.3. The van der Waals surface area contributed by atoms with Gasteiger partial charge in [-0.1, -0.05) is 11.3 Å². The van der Waals surface area contributed by atoms with Gasteiger partial charge in [0, 0.05) is 13.1 Å². The van der Waals surface area contributed by atoms with Gasteiger partial charge in [-0.3, -0.25) is 0 Å². The van der Waals surface area contributed by atoms with Gasteiger partial charge in [0.15, 0.2) is 5.82 Å². The minimum Gasteiger partial charge on any atom is -0.366 e. The summed E-state index contributed by atoms with van der Waals surface area (Å²) in [4.78, 5) is 2.43.